The van der Waals surface area contributed by atoms with Crippen molar-refractivity contribution in [2.45, 2.75) is 6.04 Å². The number of carbonyl (C=O) groups excluding carboxylic acids is 1. The molecule has 0 aliphatic carbocycles. The number of rotatable bonds is 3. The second kappa shape index (κ2) is 6.80. The van der Waals surface area contributed by atoms with E-state index in [1.807, 2.05) is 6.07 Å². The molecular weight excluding hydrogens is 333 g/mol. The zero-order chi connectivity index (χ0) is 17.1. The van der Waals surface area contributed by atoms with Crippen LogP contribution in [0.5, 0.6) is 0 Å². The van der Waals surface area contributed by atoms with E-state index in [1.54, 1.807) is 35.8 Å². The van der Waals surface area contributed by atoms with E-state index in [9.17, 15) is 9.18 Å². The van der Waals surface area contributed by atoms with E-state index in [0.717, 1.165) is 0 Å². The number of methoxy groups -OCH3 is 1. The third-order valence-corrected chi connectivity index (χ3v) is 3.83. The quantitative estimate of drug-likeness (QED) is 0.799. The van der Waals surface area contributed by atoms with Gasteiger partial charge < -0.3 is 4.74 Å². The Hall–Kier alpha value is -2.73. The van der Waals surface area contributed by atoms with Crippen molar-refractivity contribution in [2.24, 2.45) is 4.99 Å². The van der Waals surface area contributed by atoms with Crippen LogP contribution in [0.1, 0.15) is 11.6 Å². The maximum absolute atomic E-state index is 13.3. The number of aliphatic imine (C=N–C) groups is 1. The van der Waals surface area contributed by atoms with Gasteiger partial charge in [-0.1, -0.05) is 23.7 Å². The number of carbonyl (C=O) groups is 1. The van der Waals surface area contributed by atoms with Crippen molar-refractivity contribution in [3.05, 3.63) is 70.8 Å². The van der Waals surface area contributed by atoms with Crippen molar-refractivity contribution in [3.8, 4) is 0 Å². The second-order valence-electron chi connectivity index (χ2n) is 5.00. The summed E-state index contributed by atoms with van der Waals surface area (Å²) in [5, 5.41) is 0.193. The summed E-state index contributed by atoms with van der Waals surface area (Å²) >= 11 is 6.11. The monoisotopic (exact) mass is 345 g/mol. The minimum Gasteiger partial charge on any atom is -0.466 e. The highest BCUT2D eigenvalue weighted by molar-refractivity contribution is 6.31. The van der Waals surface area contributed by atoms with E-state index in [2.05, 4.69) is 9.98 Å². The molecule has 122 valence electrons. The van der Waals surface area contributed by atoms with E-state index >= 15 is 0 Å². The molecule has 0 N–H and O–H groups in total. The molecule has 0 saturated heterocycles. The number of nitrogens with zero attached hydrogens (tertiary/aromatic N) is 3. The Morgan fingerprint density at radius 2 is 2.17 bits per heavy atom. The van der Waals surface area contributed by atoms with Crippen molar-refractivity contribution >= 4 is 29.7 Å². The number of esters is 1. The average Bonchev–Trinajstić information content (AvgIpc) is 2.61. The fraction of sp³-hybridized carbons (Fsp3) is 0.118. The summed E-state index contributed by atoms with van der Waals surface area (Å²) in [7, 11) is 1.29. The molecule has 0 radical (unpaired) electrons. The van der Waals surface area contributed by atoms with Crippen LogP contribution in [-0.2, 0) is 9.53 Å². The van der Waals surface area contributed by atoms with E-state index in [4.69, 9.17) is 16.3 Å². The van der Waals surface area contributed by atoms with Crippen LogP contribution in [-0.4, -0.2) is 24.4 Å². The molecule has 1 aliphatic rings. The first kappa shape index (κ1) is 16.1. The highest BCUT2D eigenvalue weighted by atomic mass is 35.5. The minimum absolute atomic E-state index is 0.193. The molecule has 1 aromatic carbocycles. The molecule has 3 rings (SSSR count). The molecule has 0 spiro atoms. The number of aromatic nitrogens is 1. The van der Waals surface area contributed by atoms with E-state index in [0.29, 0.717) is 11.4 Å². The molecule has 2 heterocycles. The first-order chi connectivity index (χ1) is 11.6. The second-order valence-corrected chi connectivity index (χ2v) is 5.41. The van der Waals surface area contributed by atoms with Gasteiger partial charge in [0.15, 0.2) is 0 Å². The SMILES string of the molecule is COC(=O)C1=CN(c2ccccn2)C=NC1c1ccc(F)cc1Cl. The summed E-state index contributed by atoms with van der Waals surface area (Å²) in [5.74, 6) is -0.397. The van der Waals surface area contributed by atoms with Gasteiger partial charge in [-0.25, -0.2) is 14.2 Å². The minimum atomic E-state index is -0.675. The Bertz CT molecular complexity index is 824. The molecule has 7 heteroatoms. The Morgan fingerprint density at radius 1 is 1.33 bits per heavy atom. The van der Waals surface area contributed by atoms with Crippen LogP contribution in [0.25, 0.3) is 0 Å². The van der Waals surface area contributed by atoms with Gasteiger partial charge in [-0.2, -0.15) is 0 Å². The fourth-order valence-electron chi connectivity index (χ4n) is 2.36. The molecule has 1 unspecified atom stereocenters. The van der Waals surface area contributed by atoms with Gasteiger partial charge in [0.1, 0.15) is 17.7 Å². The highest BCUT2D eigenvalue weighted by Gasteiger charge is 2.28. The fourth-order valence-corrected chi connectivity index (χ4v) is 2.63. The van der Waals surface area contributed by atoms with Crippen molar-refractivity contribution < 1.29 is 13.9 Å². The third kappa shape index (κ3) is 3.14. The number of hydrogen-bond donors (Lipinski definition) is 0. The lowest BCUT2D eigenvalue weighted by molar-refractivity contribution is -0.136. The van der Waals surface area contributed by atoms with Gasteiger partial charge in [0.05, 0.1) is 19.0 Å². The first-order valence-corrected chi connectivity index (χ1v) is 7.45. The lowest BCUT2D eigenvalue weighted by Crippen LogP contribution is -2.25. The molecule has 2 aromatic rings. The van der Waals surface area contributed by atoms with Crippen LogP contribution < -0.4 is 4.90 Å². The van der Waals surface area contributed by atoms with Gasteiger partial charge in [0, 0.05) is 23.0 Å². The predicted molar refractivity (Wildman–Crippen MR) is 89.5 cm³/mol. The smallest absolute Gasteiger partial charge is 0.337 e. The topological polar surface area (TPSA) is 54.8 Å². The largest absolute Gasteiger partial charge is 0.466 e. The van der Waals surface area contributed by atoms with Crippen molar-refractivity contribution in [1.29, 1.82) is 0 Å². The molecule has 0 saturated carbocycles. The molecule has 0 bridgehead atoms. The van der Waals surface area contributed by atoms with Crippen LogP contribution in [0, 0.1) is 5.82 Å². The molecular formula is C17H13ClFN3O2. The van der Waals surface area contributed by atoms with Crippen LogP contribution in [0.2, 0.25) is 5.02 Å². The van der Waals surface area contributed by atoms with Crippen molar-refractivity contribution in [3.63, 3.8) is 0 Å². The van der Waals surface area contributed by atoms with Gasteiger partial charge in [-0.3, -0.25) is 9.89 Å². The molecule has 0 amide bonds. The zero-order valence-corrected chi connectivity index (χ0v) is 13.4. The summed E-state index contributed by atoms with van der Waals surface area (Å²) < 4.78 is 18.1. The molecule has 24 heavy (non-hydrogen) atoms. The van der Waals surface area contributed by atoms with Crippen LogP contribution >= 0.6 is 11.6 Å². The number of hydrogen-bond acceptors (Lipinski definition) is 5. The first-order valence-electron chi connectivity index (χ1n) is 7.08. The Morgan fingerprint density at radius 3 is 2.83 bits per heavy atom. The molecule has 1 atom stereocenters. The standard InChI is InChI=1S/C17H13ClFN3O2/c1-24-17(23)13-9-22(15-4-2-3-7-20-15)10-21-16(13)12-6-5-11(19)8-14(12)18/h2-10,16H,1H3. The summed E-state index contributed by atoms with van der Waals surface area (Å²) in [6.45, 7) is 0. The van der Waals surface area contributed by atoms with Crippen LogP contribution in [0.3, 0.4) is 0 Å². The Balaban J connectivity index is 2.02. The van der Waals surface area contributed by atoms with Gasteiger partial charge >= 0.3 is 5.97 Å². The molecule has 1 aliphatic heterocycles. The molecule has 5 nitrogen and oxygen atoms in total. The maximum Gasteiger partial charge on any atom is 0.337 e. The summed E-state index contributed by atoms with van der Waals surface area (Å²) in [6, 6.07) is 8.69. The summed E-state index contributed by atoms with van der Waals surface area (Å²) in [5.41, 5.74) is 0.797. The van der Waals surface area contributed by atoms with Gasteiger partial charge in [-0.15, -0.1) is 0 Å². The van der Waals surface area contributed by atoms with Gasteiger partial charge in [-0.05, 0) is 24.3 Å². The number of pyridine rings is 1. The maximum atomic E-state index is 13.3. The lowest BCUT2D eigenvalue weighted by atomic mass is 9.98. The van der Waals surface area contributed by atoms with Crippen molar-refractivity contribution in [2.75, 3.05) is 12.0 Å². The zero-order valence-electron chi connectivity index (χ0n) is 12.7. The third-order valence-electron chi connectivity index (χ3n) is 3.50. The summed E-state index contributed by atoms with van der Waals surface area (Å²) in [4.78, 5) is 22.4. The number of ether oxygens (including phenoxy) is 1. The van der Waals surface area contributed by atoms with E-state index in [1.165, 1.54) is 25.3 Å². The normalized spacial score (nSPS) is 16.7. The van der Waals surface area contributed by atoms with Crippen LogP contribution in [0.4, 0.5) is 10.2 Å². The summed E-state index contributed by atoms with van der Waals surface area (Å²) in [6.07, 6.45) is 4.77. The van der Waals surface area contributed by atoms with Gasteiger partial charge in [0.2, 0.25) is 0 Å². The van der Waals surface area contributed by atoms with Crippen molar-refractivity contribution in [1.82, 2.24) is 4.98 Å². The lowest BCUT2D eigenvalue weighted by Gasteiger charge is -2.25. The Kier molecular flexibility index (Phi) is 4.57. The van der Waals surface area contributed by atoms with E-state index < -0.39 is 17.8 Å². The molecule has 1 aromatic heterocycles. The van der Waals surface area contributed by atoms with E-state index in [-0.39, 0.29) is 10.6 Å². The predicted octanol–water partition coefficient (Wildman–Crippen LogP) is 3.52. The highest BCUT2D eigenvalue weighted by Crippen LogP contribution is 2.34. The number of benzene rings is 1. The van der Waals surface area contributed by atoms with Crippen LogP contribution in [0.15, 0.2) is 59.4 Å². The number of anilines is 1. The molecule has 0 fully saturated rings. The average molecular weight is 346 g/mol. The van der Waals surface area contributed by atoms with Gasteiger partial charge in [0.25, 0.3) is 0 Å². The Labute approximate surface area is 143 Å². The number of halogens is 2.